The van der Waals surface area contributed by atoms with Crippen LogP contribution in [0.4, 0.5) is 0 Å². The highest BCUT2D eigenvalue weighted by Gasteiger charge is 2.45. The summed E-state index contributed by atoms with van der Waals surface area (Å²) in [6, 6.07) is 5.61. The molecule has 2 rings (SSSR count). The van der Waals surface area contributed by atoms with E-state index in [1.165, 1.54) is 43.3 Å². The summed E-state index contributed by atoms with van der Waals surface area (Å²) < 4.78 is 29.1. The summed E-state index contributed by atoms with van der Waals surface area (Å²) in [6.07, 6.45) is 3.34. The summed E-state index contributed by atoms with van der Waals surface area (Å²) in [6.45, 7) is 0.0902. The molecular weight excluding hydrogens is 358 g/mol. The number of benzene rings is 1. The fraction of sp³-hybridized carbons (Fsp3) is 0.556. The van der Waals surface area contributed by atoms with E-state index in [2.05, 4.69) is 0 Å². The van der Waals surface area contributed by atoms with E-state index in [4.69, 9.17) is 4.74 Å². The van der Waals surface area contributed by atoms with Crippen LogP contribution in [0.15, 0.2) is 29.2 Å². The number of carbonyl (C=O) groups excluding carboxylic acids is 1. The maximum atomic E-state index is 12.8. The second kappa shape index (κ2) is 8.18. The molecule has 1 fully saturated rings. The first-order chi connectivity index (χ1) is 12.2. The molecule has 0 heterocycles. The summed E-state index contributed by atoms with van der Waals surface area (Å²) in [4.78, 5) is 26.0. The fourth-order valence-electron chi connectivity index (χ4n) is 3.33. The average molecular weight is 383 g/mol. The number of hydrogen-bond donors (Lipinski definition) is 1. The van der Waals surface area contributed by atoms with Gasteiger partial charge in [0.2, 0.25) is 0 Å². The van der Waals surface area contributed by atoms with Gasteiger partial charge in [-0.25, -0.2) is 13.2 Å². The van der Waals surface area contributed by atoms with E-state index >= 15 is 0 Å². The predicted octanol–water partition coefficient (Wildman–Crippen LogP) is 1.97. The first-order valence-electron chi connectivity index (χ1n) is 8.58. The second-order valence-corrected chi connectivity index (χ2v) is 8.71. The standard InChI is InChI=1S/C18H25NO6S/c1-19(18(17(21)22)10-4-3-5-11-18)16(20)14-6-8-15(9-7-14)26(23,24)13-12-25-2/h6-9H,3-5,10-13H2,1-2H3,(H,21,22). The Hall–Kier alpha value is -1.93. The van der Waals surface area contributed by atoms with Gasteiger partial charge in [0.05, 0.1) is 17.3 Å². The van der Waals surface area contributed by atoms with Gasteiger partial charge in [-0.15, -0.1) is 0 Å². The molecule has 0 aliphatic heterocycles. The first kappa shape index (κ1) is 20.4. The van der Waals surface area contributed by atoms with Crippen molar-refractivity contribution in [2.75, 3.05) is 26.5 Å². The molecule has 1 N–H and O–H groups in total. The summed E-state index contributed by atoms with van der Waals surface area (Å²) in [7, 11) is -0.543. The Kier molecular flexibility index (Phi) is 6.41. The minimum absolute atomic E-state index is 0.0902. The van der Waals surface area contributed by atoms with Crippen LogP contribution in [0, 0.1) is 0 Å². The maximum Gasteiger partial charge on any atom is 0.329 e. The molecular formula is C18H25NO6S. The van der Waals surface area contributed by atoms with E-state index in [1.807, 2.05) is 0 Å². The number of amides is 1. The van der Waals surface area contributed by atoms with E-state index in [9.17, 15) is 23.1 Å². The topological polar surface area (TPSA) is 101 Å². The number of aliphatic carboxylic acids is 1. The molecule has 1 saturated carbocycles. The number of sulfone groups is 1. The maximum absolute atomic E-state index is 12.8. The zero-order valence-electron chi connectivity index (χ0n) is 15.1. The minimum atomic E-state index is -3.48. The summed E-state index contributed by atoms with van der Waals surface area (Å²) in [5, 5.41) is 9.70. The van der Waals surface area contributed by atoms with Gasteiger partial charge in [-0.1, -0.05) is 19.3 Å². The molecule has 26 heavy (non-hydrogen) atoms. The van der Waals surface area contributed by atoms with E-state index in [1.54, 1.807) is 0 Å². The van der Waals surface area contributed by atoms with E-state index < -0.39 is 27.3 Å². The molecule has 1 aliphatic rings. The van der Waals surface area contributed by atoms with Gasteiger partial charge in [0.25, 0.3) is 5.91 Å². The molecule has 0 radical (unpaired) electrons. The second-order valence-electron chi connectivity index (χ2n) is 6.60. The molecule has 0 unspecified atom stereocenters. The Labute approximate surface area is 153 Å². The summed E-state index contributed by atoms with van der Waals surface area (Å²) >= 11 is 0. The van der Waals surface area contributed by atoms with Gasteiger partial charge in [-0.05, 0) is 37.1 Å². The number of nitrogens with zero attached hydrogens (tertiary/aromatic N) is 1. The van der Waals surface area contributed by atoms with Gasteiger partial charge in [-0.2, -0.15) is 0 Å². The highest BCUT2D eigenvalue weighted by Crippen LogP contribution is 2.34. The largest absolute Gasteiger partial charge is 0.479 e. The SMILES string of the molecule is COCCS(=O)(=O)c1ccc(C(=O)N(C)C2(C(=O)O)CCCCC2)cc1. The Bertz CT molecular complexity index is 750. The normalized spacial score (nSPS) is 16.8. The van der Waals surface area contributed by atoms with Crippen molar-refractivity contribution in [2.45, 2.75) is 42.5 Å². The summed E-state index contributed by atoms with van der Waals surface area (Å²) in [5.74, 6) is -1.55. The van der Waals surface area contributed by atoms with Crippen molar-refractivity contribution in [2.24, 2.45) is 0 Å². The number of methoxy groups -OCH3 is 1. The van der Waals surface area contributed by atoms with Crippen LogP contribution in [0.2, 0.25) is 0 Å². The van der Waals surface area contributed by atoms with Crippen molar-refractivity contribution in [3.05, 3.63) is 29.8 Å². The lowest BCUT2D eigenvalue weighted by Gasteiger charge is -2.41. The molecule has 0 atom stereocenters. The third-order valence-electron chi connectivity index (χ3n) is 5.04. The van der Waals surface area contributed by atoms with Gasteiger partial charge in [0.1, 0.15) is 5.54 Å². The van der Waals surface area contributed by atoms with Crippen LogP contribution in [-0.4, -0.2) is 62.4 Å². The fourth-order valence-corrected chi connectivity index (χ4v) is 4.51. The predicted molar refractivity (Wildman–Crippen MR) is 95.9 cm³/mol. The zero-order chi connectivity index (χ0) is 19.4. The van der Waals surface area contributed by atoms with Crippen LogP contribution in [0.1, 0.15) is 42.5 Å². The number of likely N-dealkylation sites (N-methyl/N-ethyl adjacent to an activating group) is 1. The molecule has 144 valence electrons. The first-order valence-corrected chi connectivity index (χ1v) is 10.2. The Balaban J connectivity index is 2.22. The van der Waals surface area contributed by atoms with Crippen LogP contribution in [0.3, 0.4) is 0 Å². The molecule has 1 aromatic rings. The number of carboxylic acids is 1. The molecule has 0 saturated heterocycles. The number of ether oxygens (including phenoxy) is 1. The van der Waals surface area contributed by atoms with Crippen molar-refractivity contribution in [1.82, 2.24) is 4.90 Å². The number of rotatable bonds is 7. The van der Waals surface area contributed by atoms with Crippen molar-refractivity contribution < 1.29 is 27.9 Å². The third-order valence-corrected chi connectivity index (χ3v) is 6.74. The Morgan fingerprint density at radius 3 is 2.23 bits per heavy atom. The lowest BCUT2D eigenvalue weighted by atomic mass is 9.80. The van der Waals surface area contributed by atoms with Gasteiger partial charge < -0.3 is 14.7 Å². The molecule has 1 aromatic carbocycles. The van der Waals surface area contributed by atoms with Gasteiger partial charge in [0, 0.05) is 19.7 Å². The highest BCUT2D eigenvalue weighted by molar-refractivity contribution is 7.91. The zero-order valence-corrected chi connectivity index (χ0v) is 15.9. The van der Waals surface area contributed by atoms with Crippen molar-refractivity contribution in [3.8, 4) is 0 Å². The van der Waals surface area contributed by atoms with E-state index in [0.717, 1.165) is 19.3 Å². The van der Waals surface area contributed by atoms with Crippen LogP contribution in [0.5, 0.6) is 0 Å². The van der Waals surface area contributed by atoms with Crippen LogP contribution in [-0.2, 0) is 19.4 Å². The Morgan fingerprint density at radius 2 is 1.73 bits per heavy atom. The minimum Gasteiger partial charge on any atom is -0.479 e. The lowest BCUT2D eigenvalue weighted by molar-refractivity contribution is -0.151. The molecule has 0 bridgehead atoms. The van der Waals surface area contributed by atoms with Crippen molar-refractivity contribution in [1.29, 1.82) is 0 Å². The van der Waals surface area contributed by atoms with Gasteiger partial charge in [0.15, 0.2) is 9.84 Å². The van der Waals surface area contributed by atoms with Crippen molar-refractivity contribution in [3.63, 3.8) is 0 Å². The lowest BCUT2D eigenvalue weighted by Crippen LogP contribution is -2.56. The van der Waals surface area contributed by atoms with E-state index in [0.29, 0.717) is 12.8 Å². The molecule has 8 heteroatoms. The number of carbonyl (C=O) groups is 2. The van der Waals surface area contributed by atoms with Crippen molar-refractivity contribution >= 4 is 21.7 Å². The Morgan fingerprint density at radius 1 is 1.15 bits per heavy atom. The van der Waals surface area contributed by atoms with Crippen LogP contribution in [0.25, 0.3) is 0 Å². The highest BCUT2D eigenvalue weighted by atomic mass is 32.2. The van der Waals surface area contributed by atoms with Gasteiger partial charge >= 0.3 is 5.97 Å². The molecule has 0 spiro atoms. The smallest absolute Gasteiger partial charge is 0.329 e. The molecule has 7 nitrogen and oxygen atoms in total. The van der Waals surface area contributed by atoms with Crippen LogP contribution >= 0.6 is 0 Å². The quantitative estimate of drug-likeness (QED) is 0.772. The molecule has 1 amide bonds. The molecule has 1 aliphatic carbocycles. The van der Waals surface area contributed by atoms with Crippen LogP contribution < -0.4 is 0 Å². The number of carboxylic acid groups (broad SMARTS) is 1. The third kappa shape index (κ3) is 4.07. The van der Waals surface area contributed by atoms with E-state index in [-0.39, 0.29) is 22.8 Å². The number of hydrogen-bond acceptors (Lipinski definition) is 5. The molecule has 0 aromatic heterocycles. The summed E-state index contributed by atoms with van der Waals surface area (Å²) in [5.41, 5.74) is -0.928. The monoisotopic (exact) mass is 383 g/mol. The van der Waals surface area contributed by atoms with Gasteiger partial charge in [-0.3, -0.25) is 4.79 Å². The average Bonchev–Trinajstić information content (AvgIpc) is 2.65.